The summed E-state index contributed by atoms with van der Waals surface area (Å²) in [7, 11) is 0. The standard InChI is InChI=1S/C19H12ClF3N6O2/c20-11-5-14(23)13(22)4-9(11)18(30)25-17-6-16(26-27-17)19(31)28-29-7-10-12(21)2-1-3-15(10)24-8-29/h1-6,8H,7H2,(H,28,31)(H2,25,26,27,30). The van der Waals surface area contributed by atoms with Crippen LogP contribution in [0.2, 0.25) is 5.02 Å². The van der Waals surface area contributed by atoms with Crippen LogP contribution in [0.25, 0.3) is 0 Å². The van der Waals surface area contributed by atoms with Gasteiger partial charge in [-0.1, -0.05) is 17.7 Å². The molecule has 0 atom stereocenters. The van der Waals surface area contributed by atoms with Crippen LogP contribution in [0.5, 0.6) is 0 Å². The number of hydrogen-bond acceptors (Lipinski definition) is 5. The summed E-state index contributed by atoms with van der Waals surface area (Å²) in [5.41, 5.74) is 2.88. The second-order valence-electron chi connectivity index (χ2n) is 6.42. The molecule has 0 spiro atoms. The Hall–Kier alpha value is -3.86. The predicted octanol–water partition coefficient (Wildman–Crippen LogP) is 3.55. The van der Waals surface area contributed by atoms with Crippen molar-refractivity contribution in [3.8, 4) is 0 Å². The van der Waals surface area contributed by atoms with Crippen molar-refractivity contribution in [2.75, 3.05) is 5.32 Å². The predicted molar refractivity (Wildman–Crippen MR) is 105 cm³/mol. The van der Waals surface area contributed by atoms with Crippen LogP contribution < -0.4 is 10.7 Å². The third-order valence-corrected chi connectivity index (χ3v) is 4.63. The van der Waals surface area contributed by atoms with Gasteiger partial charge in [-0.15, -0.1) is 0 Å². The van der Waals surface area contributed by atoms with Gasteiger partial charge in [-0.05, 0) is 24.3 Å². The van der Waals surface area contributed by atoms with Crippen LogP contribution in [0, 0.1) is 17.5 Å². The molecule has 2 amide bonds. The molecule has 12 heteroatoms. The van der Waals surface area contributed by atoms with Gasteiger partial charge in [0, 0.05) is 11.6 Å². The lowest BCUT2D eigenvalue weighted by atomic mass is 10.1. The number of amides is 2. The van der Waals surface area contributed by atoms with Crippen molar-refractivity contribution in [2.45, 2.75) is 6.54 Å². The van der Waals surface area contributed by atoms with E-state index in [2.05, 4.69) is 25.9 Å². The molecular weight excluding hydrogens is 437 g/mol. The highest BCUT2D eigenvalue weighted by molar-refractivity contribution is 6.34. The molecule has 3 N–H and O–H groups in total. The van der Waals surface area contributed by atoms with Gasteiger partial charge in [0.1, 0.15) is 18.0 Å². The number of H-pyrrole nitrogens is 1. The zero-order chi connectivity index (χ0) is 22.1. The van der Waals surface area contributed by atoms with E-state index in [0.717, 1.165) is 0 Å². The molecule has 0 saturated heterocycles. The number of aliphatic imine (C=N–C) groups is 1. The van der Waals surface area contributed by atoms with Crippen molar-refractivity contribution < 1.29 is 22.8 Å². The molecular formula is C19H12ClF3N6O2. The number of halogens is 4. The minimum absolute atomic E-state index is 0.0136. The summed E-state index contributed by atoms with van der Waals surface area (Å²) in [6.07, 6.45) is 1.33. The quantitative estimate of drug-likeness (QED) is 0.531. The fourth-order valence-corrected chi connectivity index (χ4v) is 3.05. The largest absolute Gasteiger partial charge is 0.307 e. The monoisotopic (exact) mass is 448 g/mol. The Bertz CT molecular complexity index is 1230. The SMILES string of the molecule is O=C(NN1C=Nc2cccc(F)c2C1)c1cc(NC(=O)c2cc(F)c(F)cc2Cl)[nH]n1. The minimum Gasteiger partial charge on any atom is -0.307 e. The fourth-order valence-electron chi connectivity index (χ4n) is 2.81. The van der Waals surface area contributed by atoms with Gasteiger partial charge in [-0.2, -0.15) is 5.10 Å². The molecule has 0 aliphatic carbocycles. The molecule has 0 saturated carbocycles. The van der Waals surface area contributed by atoms with Crippen LogP contribution in [-0.2, 0) is 6.54 Å². The molecule has 1 aliphatic heterocycles. The number of benzene rings is 2. The van der Waals surface area contributed by atoms with Gasteiger partial charge in [0.25, 0.3) is 11.8 Å². The maximum Gasteiger partial charge on any atom is 0.290 e. The van der Waals surface area contributed by atoms with Crippen molar-refractivity contribution in [2.24, 2.45) is 4.99 Å². The zero-order valence-electron chi connectivity index (χ0n) is 15.4. The Labute approximate surface area is 177 Å². The van der Waals surface area contributed by atoms with E-state index < -0.39 is 29.3 Å². The summed E-state index contributed by atoms with van der Waals surface area (Å²) in [5, 5.41) is 9.55. The highest BCUT2D eigenvalue weighted by Gasteiger charge is 2.20. The average molecular weight is 449 g/mol. The number of carbonyl (C=O) groups excluding carboxylic acids is 2. The molecule has 1 aliphatic rings. The van der Waals surface area contributed by atoms with Crippen LogP contribution in [-0.4, -0.2) is 33.4 Å². The maximum atomic E-state index is 13.9. The molecule has 0 unspecified atom stereocenters. The number of carbonyl (C=O) groups is 2. The summed E-state index contributed by atoms with van der Waals surface area (Å²) in [5.74, 6) is -4.36. The lowest BCUT2D eigenvalue weighted by molar-refractivity contribution is 0.0861. The molecule has 4 rings (SSSR count). The van der Waals surface area contributed by atoms with Crippen molar-refractivity contribution in [3.63, 3.8) is 0 Å². The highest BCUT2D eigenvalue weighted by Crippen LogP contribution is 2.25. The third-order valence-electron chi connectivity index (χ3n) is 4.32. The molecule has 2 heterocycles. The molecule has 3 aromatic rings. The number of nitrogens with zero attached hydrogens (tertiary/aromatic N) is 3. The molecule has 31 heavy (non-hydrogen) atoms. The van der Waals surface area contributed by atoms with Gasteiger partial charge in [0.05, 0.1) is 22.8 Å². The molecule has 0 radical (unpaired) electrons. The number of anilines is 1. The highest BCUT2D eigenvalue weighted by atomic mass is 35.5. The van der Waals surface area contributed by atoms with E-state index in [1.54, 1.807) is 6.07 Å². The van der Waals surface area contributed by atoms with Crippen molar-refractivity contribution in [1.82, 2.24) is 20.6 Å². The number of fused-ring (bicyclic) bond motifs is 1. The Kier molecular flexibility index (Phi) is 5.34. The summed E-state index contributed by atoms with van der Waals surface area (Å²) in [6.45, 7) is 0.0554. The summed E-state index contributed by atoms with van der Waals surface area (Å²) in [6, 6.07) is 7.03. The second-order valence-corrected chi connectivity index (χ2v) is 6.83. The molecule has 1 aromatic heterocycles. The van der Waals surface area contributed by atoms with Crippen LogP contribution in [0.1, 0.15) is 26.4 Å². The first-order valence-corrected chi connectivity index (χ1v) is 9.10. The number of aromatic amines is 1. The number of hydrazine groups is 1. The summed E-state index contributed by atoms with van der Waals surface area (Å²) >= 11 is 5.77. The number of rotatable bonds is 4. The second kappa shape index (κ2) is 8.11. The Morgan fingerprint density at radius 1 is 1.06 bits per heavy atom. The normalized spacial score (nSPS) is 12.5. The minimum atomic E-state index is -1.24. The zero-order valence-corrected chi connectivity index (χ0v) is 16.2. The van der Waals surface area contributed by atoms with Gasteiger partial charge >= 0.3 is 0 Å². The summed E-state index contributed by atoms with van der Waals surface area (Å²) < 4.78 is 40.5. The van der Waals surface area contributed by atoms with Crippen molar-refractivity contribution >= 4 is 41.3 Å². The van der Waals surface area contributed by atoms with Crippen molar-refractivity contribution in [3.05, 3.63) is 75.7 Å². The summed E-state index contributed by atoms with van der Waals surface area (Å²) in [4.78, 5) is 28.7. The van der Waals surface area contributed by atoms with E-state index in [0.29, 0.717) is 23.4 Å². The van der Waals surface area contributed by atoms with Crippen LogP contribution in [0.4, 0.5) is 24.7 Å². The Morgan fingerprint density at radius 2 is 1.84 bits per heavy atom. The number of hydrogen-bond donors (Lipinski definition) is 3. The lowest BCUT2D eigenvalue weighted by Gasteiger charge is -2.24. The topological polar surface area (TPSA) is 102 Å². The van der Waals surface area contributed by atoms with E-state index in [9.17, 15) is 22.8 Å². The molecule has 0 bridgehead atoms. The number of aromatic nitrogens is 2. The molecule has 8 nitrogen and oxygen atoms in total. The van der Waals surface area contributed by atoms with E-state index in [1.807, 2.05) is 0 Å². The molecule has 0 fully saturated rings. The van der Waals surface area contributed by atoms with Gasteiger partial charge in [-0.3, -0.25) is 25.1 Å². The first kappa shape index (κ1) is 20.4. The van der Waals surface area contributed by atoms with Crippen LogP contribution in [0.3, 0.4) is 0 Å². The smallest absolute Gasteiger partial charge is 0.290 e. The first-order chi connectivity index (χ1) is 14.8. The third kappa shape index (κ3) is 4.21. The van der Waals surface area contributed by atoms with Gasteiger partial charge in [0.15, 0.2) is 17.3 Å². The first-order valence-electron chi connectivity index (χ1n) is 8.72. The van der Waals surface area contributed by atoms with E-state index in [1.165, 1.54) is 29.5 Å². The van der Waals surface area contributed by atoms with Crippen LogP contribution >= 0.6 is 11.6 Å². The van der Waals surface area contributed by atoms with Gasteiger partial charge in [-0.25, -0.2) is 18.2 Å². The van der Waals surface area contributed by atoms with E-state index >= 15 is 0 Å². The van der Waals surface area contributed by atoms with E-state index in [4.69, 9.17) is 11.6 Å². The molecule has 158 valence electrons. The Morgan fingerprint density at radius 3 is 2.65 bits per heavy atom. The van der Waals surface area contributed by atoms with Crippen molar-refractivity contribution in [1.29, 1.82) is 0 Å². The average Bonchev–Trinajstić information content (AvgIpc) is 3.20. The molecule has 2 aromatic carbocycles. The number of nitrogens with one attached hydrogen (secondary N) is 3. The van der Waals surface area contributed by atoms with Crippen LogP contribution in [0.15, 0.2) is 41.4 Å². The maximum absolute atomic E-state index is 13.9. The van der Waals surface area contributed by atoms with E-state index in [-0.39, 0.29) is 28.6 Å². The Balaban J connectivity index is 1.42. The van der Waals surface area contributed by atoms with Gasteiger partial charge < -0.3 is 5.32 Å². The lowest BCUT2D eigenvalue weighted by Crippen LogP contribution is -2.42. The fraction of sp³-hybridized carbons (Fsp3) is 0.0526. The van der Waals surface area contributed by atoms with Gasteiger partial charge in [0.2, 0.25) is 0 Å².